The third kappa shape index (κ3) is 7.03. The topological polar surface area (TPSA) is 91.0 Å². The Morgan fingerprint density at radius 3 is 2.44 bits per heavy atom. The normalized spacial score (nSPS) is 11.6. The predicted molar refractivity (Wildman–Crippen MR) is 131 cm³/mol. The maximum absolute atomic E-state index is 10.6. The van der Waals surface area contributed by atoms with E-state index >= 15 is 0 Å². The number of rotatable bonds is 12. The standard InChI is InChI=1S/C26H32ClNO6/c1-5-7-19-22(11-9-18-21(15-26(2,3)4)28-34-25(18)19)31-12-6-13-32-23-10-8-17(14-20(23)27)33-16-24(29)30/h8-11,14H,5-7,12-13,15-16H2,1-4H3,(H,29,30). The number of carboxylic acid groups (broad SMARTS) is 1. The molecule has 0 aliphatic heterocycles. The number of fused-ring (bicyclic) bond motifs is 1. The molecular weight excluding hydrogens is 458 g/mol. The highest BCUT2D eigenvalue weighted by Gasteiger charge is 2.20. The number of ether oxygens (including phenoxy) is 3. The molecule has 3 aromatic rings. The maximum Gasteiger partial charge on any atom is 0.341 e. The van der Waals surface area contributed by atoms with Crippen molar-refractivity contribution in [1.29, 1.82) is 0 Å². The highest BCUT2D eigenvalue weighted by Crippen LogP contribution is 2.34. The smallest absolute Gasteiger partial charge is 0.341 e. The lowest BCUT2D eigenvalue weighted by molar-refractivity contribution is -0.139. The molecule has 34 heavy (non-hydrogen) atoms. The van der Waals surface area contributed by atoms with Crippen LogP contribution in [0.2, 0.25) is 5.02 Å². The van der Waals surface area contributed by atoms with E-state index in [1.54, 1.807) is 12.1 Å². The molecule has 0 aliphatic carbocycles. The number of carboxylic acids is 1. The van der Waals surface area contributed by atoms with Crippen molar-refractivity contribution < 1.29 is 28.6 Å². The van der Waals surface area contributed by atoms with Gasteiger partial charge in [-0.2, -0.15) is 0 Å². The Kier molecular flexibility index (Phi) is 8.67. The average molecular weight is 490 g/mol. The number of aryl methyl sites for hydroxylation is 1. The first-order valence-corrected chi connectivity index (χ1v) is 11.9. The Morgan fingerprint density at radius 1 is 1.09 bits per heavy atom. The van der Waals surface area contributed by atoms with Gasteiger partial charge in [0.15, 0.2) is 12.2 Å². The number of carbonyl (C=O) groups is 1. The van der Waals surface area contributed by atoms with Gasteiger partial charge < -0.3 is 23.8 Å². The molecule has 0 amide bonds. The number of nitrogens with zero attached hydrogens (tertiary/aromatic N) is 1. The molecule has 0 bridgehead atoms. The zero-order valence-corrected chi connectivity index (χ0v) is 20.9. The molecule has 1 N–H and O–H groups in total. The zero-order chi connectivity index (χ0) is 24.7. The van der Waals surface area contributed by atoms with Crippen LogP contribution in [0, 0.1) is 5.41 Å². The lowest BCUT2D eigenvalue weighted by Gasteiger charge is -2.16. The highest BCUT2D eigenvalue weighted by molar-refractivity contribution is 6.32. The van der Waals surface area contributed by atoms with E-state index in [4.69, 9.17) is 35.4 Å². The first kappa shape index (κ1) is 25.7. The molecule has 0 spiro atoms. The molecule has 0 saturated carbocycles. The molecule has 1 aromatic heterocycles. The summed E-state index contributed by atoms with van der Waals surface area (Å²) in [5.41, 5.74) is 2.97. The molecule has 8 heteroatoms. The molecule has 2 aromatic carbocycles. The first-order chi connectivity index (χ1) is 16.2. The number of aromatic nitrogens is 1. The Morgan fingerprint density at radius 2 is 1.79 bits per heavy atom. The predicted octanol–water partition coefficient (Wildman–Crippen LogP) is 6.33. The molecule has 7 nitrogen and oxygen atoms in total. The van der Waals surface area contributed by atoms with Gasteiger partial charge in [0.05, 0.1) is 23.9 Å². The van der Waals surface area contributed by atoms with Crippen molar-refractivity contribution in [3.63, 3.8) is 0 Å². The van der Waals surface area contributed by atoms with E-state index in [0.29, 0.717) is 36.2 Å². The second-order valence-corrected chi connectivity index (χ2v) is 9.77. The largest absolute Gasteiger partial charge is 0.493 e. The van der Waals surface area contributed by atoms with Gasteiger partial charge >= 0.3 is 5.97 Å². The molecule has 0 atom stereocenters. The summed E-state index contributed by atoms with van der Waals surface area (Å²) < 4.78 is 22.7. The van der Waals surface area contributed by atoms with E-state index in [9.17, 15) is 4.79 Å². The minimum absolute atomic E-state index is 0.124. The molecule has 0 aliphatic rings. The second kappa shape index (κ2) is 11.5. The van der Waals surface area contributed by atoms with Crippen LogP contribution in [-0.4, -0.2) is 36.1 Å². The van der Waals surface area contributed by atoms with Gasteiger partial charge in [0.25, 0.3) is 0 Å². The van der Waals surface area contributed by atoms with Crippen molar-refractivity contribution in [3.8, 4) is 17.2 Å². The van der Waals surface area contributed by atoms with Gasteiger partial charge in [-0.25, -0.2) is 4.79 Å². The highest BCUT2D eigenvalue weighted by atomic mass is 35.5. The van der Waals surface area contributed by atoms with E-state index in [0.717, 1.165) is 47.2 Å². The second-order valence-electron chi connectivity index (χ2n) is 9.36. The lowest BCUT2D eigenvalue weighted by atomic mass is 9.89. The van der Waals surface area contributed by atoms with E-state index < -0.39 is 12.6 Å². The number of hydrogen-bond acceptors (Lipinski definition) is 6. The van der Waals surface area contributed by atoms with Gasteiger partial charge in [-0.3, -0.25) is 0 Å². The molecule has 0 saturated heterocycles. The minimum Gasteiger partial charge on any atom is -0.493 e. The minimum atomic E-state index is -1.05. The van der Waals surface area contributed by atoms with E-state index in [2.05, 4.69) is 32.9 Å². The molecule has 0 radical (unpaired) electrons. The SMILES string of the molecule is CCCc1c(OCCCOc2ccc(OCC(=O)O)cc2Cl)ccc2c(CC(C)(C)C)noc12. The molecule has 184 valence electrons. The molecular formula is C26H32ClNO6. The fourth-order valence-corrected chi connectivity index (χ4v) is 3.82. The summed E-state index contributed by atoms with van der Waals surface area (Å²) in [6.07, 6.45) is 3.32. The first-order valence-electron chi connectivity index (χ1n) is 11.5. The summed E-state index contributed by atoms with van der Waals surface area (Å²) in [4.78, 5) is 10.6. The Hall–Kier alpha value is -2.93. The maximum atomic E-state index is 10.6. The number of benzene rings is 2. The van der Waals surface area contributed by atoms with Gasteiger partial charge in [0.1, 0.15) is 17.2 Å². The fraction of sp³-hybridized carbons (Fsp3) is 0.462. The molecule has 1 heterocycles. The van der Waals surface area contributed by atoms with Crippen LogP contribution in [-0.2, 0) is 17.6 Å². The van der Waals surface area contributed by atoms with Gasteiger partial charge in [0.2, 0.25) is 0 Å². The fourth-order valence-electron chi connectivity index (χ4n) is 3.60. The Bertz CT molecular complexity index is 1120. The quantitative estimate of drug-likeness (QED) is 0.297. The number of hydrogen-bond donors (Lipinski definition) is 1. The van der Waals surface area contributed by atoms with Crippen LogP contribution in [0.4, 0.5) is 0 Å². The van der Waals surface area contributed by atoms with Crippen LogP contribution >= 0.6 is 11.6 Å². The van der Waals surface area contributed by atoms with Crippen LogP contribution < -0.4 is 14.2 Å². The summed E-state index contributed by atoms with van der Waals surface area (Å²) in [5, 5.41) is 14.4. The van der Waals surface area contributed by atoms with Crippen molar-refractivity contribution in [2.45, 2.75) is 53.4 Å². The molecule has 0 fully saturated rings. The lowest BCUT2D eigenvalue weighted by Crippen LogP contribution is -2.09. The summed E-state index contributed by atoms with van der Waals surface area (Å²) in [6.45, 7) is 9.16. The van der Waals surface area contributed by atoms with Crippen LogP contribution in [0.5, 0.6) is 17.2 Å². The number of aliphatic carboxylic acids is 1. The van der Waals surface area contributed by atoms with Crippen molar-refractivity contribution in [2.75, 3.05) is 19.8 Å². The number of halogens is 1. The monoisotopic (exact) mass is 489 g/mol. The summed E-state index contributed by atoms with van der Waals surface area (Å²) in [7, 11) is 0. The van der Waals surface area contributed by atoms with Gasteiger partial charge in [-0.05, 0) is 42.5 Å². The van der Waals surface area contributed by atoms with Gasteiger partial charge in [-0.1, -0.05) is 50.9 Å². The third-order valence-corrected chi connectivity index (χ3v) is 5.34. The average Bonchev–Trinajstić information content (AvgIpc) is 3.16. The van der Waals surface area contributed by atoms with Crippen LogP contribution in [0.15, 0.2) is 34.9 Å². The zero-order valence-electron chi connectivity index (χ0n) is 20.2. The summed E-state index contributed by atoms with van der Waals surface area (Å²) in [5.74, 6) is 0.641. The summed E-state index contributed by atoms with van der Waals surface area (Å²) >= 11 is 6.21. The van der Waals surface area contributed by atoms with Crippen LogP contribution in [0.25, 0.3) is 11.0 Å². The van der Waals surface area contributed by atoms with Crippen LogP contribution in [0.3, 0.4) is 0 Å². The van der Waals surface area contributed by atoms with Crippen molar-refractivity contribution in [1.82, 2.24) is 5.16 Å². The van der Waals surface area contributed by atoms with Gasteiger partial charge in [-0.15, -0.1) is 0 Å². The van der Waals surface area contributed by atoms with Crippen LogP contribution in [0.1, 0.15) is 51.8 Å². The summed E-state index contributed by atoms with van der Waals surface area (Å²) in [6, 6.07) is 8.86. The molecule has 0 unspecified atom stereocenters. The van der Waals surface area contributed by atoms with E-state index in [-0.39, 0.29) is 5.41 Å². The van der Waals surface area contributed by atoms with E-state index in [1.807, 2.05) is 12.1 Å². The molecule has 3 rings (SSSR count). The Balaban J connectivity index is 1.57. The third-order valence-electron chi connectivity index (χ3n) is 5.04. The van der Waals surface area contributed by atoms with E-state index in [1.165, 1.54) is 6.07 Å². The van der Waals surface area contributed by atoms with Crippen molar-refractivity contribution in [2.24, 2.45) is 5.41 Å². The Labute approximate surface area is 204 Å². The van der Waals surface area contributed by atoms with Crippen molar-refractivity contribution >= 4 is 28.5 Å². The van der Waals surface area contributed by atoms with Crippen molar-refractivity contribution in [3.05, 3.63) is 46.6 Å². The van der Waals surface area contributed by atoms with Gasteiger partial charge in [0, 0.05) is 23.4 Å².